The fraction of sp³-hybridized carbons (Fsp3) is 0.533. The number of nitrogens with zero attached hydrogens (tertiary/aromatic N) is 2. The summed E-state index contributed by atoms with van der Waals surface area (Å²) >= 11 is 0. The van der Waals surface area contributed by atoms with Crippen molar-refractivity contribution in [2.24, 2.45) is 5.41 Å². The molecular formula is C15H21N3O2. The van der Waals surface area contributed by atoms with Crippen LogP contribution in [0.5, 0.6) is 0 Å². The monoisotopic (exact) mass is 275 g/mol. The van der Waals surface area contributed by atoms with Crippen LogP contribution in [0.4, 0.5) is 0 Å². The lowest BCUT2D eigenvalue weighted by Crippen LogP contribution is -2.35. The molecule has 20 heavy (non-hydrogen) atoms. The van der Waals surface area contributed by atoms with Crippen LogP contribution in [0.3, 0.4) is 0 Å². The van der Waals surface area contributed by atoms with E-state index in [9.17, 15) is 9.59 Å². The Labute approximate surface area is 119 Å². The average Bonchev–Trinajstić information content (AvgIpc) is 2.61. The molecular weight excluding hydrogens is 254 g/mol. The van der Waals surface area contributed by atoms with Crippen molar-refractivity contribution >= 4 is 11.8 Å². The molecule has 0 atom stereocenters. The van der Waals surface area contributed by atoms with Gasteiger partial charge in [-0.15, -0.1) is 0 Å². The van der Waals surface area contributed by atoms with E-state index in [-0.39, 0.29) is 11.8 Å². The number of pyridine rings is 1. The Kier molecular flexibility index (Phi) is 4.49. The van der Waals surface area contributed by atoms with Crippen LogP contribution in [0.25, 0.3) is 0 Å². The van der Waals surface area contributed by atoms with Gasteiger partial charge in [-0.25, -0.2) is 0 Å². The van der Waals surface area contributed by atoms with Crippen LogP contribution in [0.2, 0.25) is 0 Å². The lowest BCUT2D eigenvalue weighted by Gasteiger charge is -2.17. The zero-order valence-corrected chi connectivity index (χ0v) is 12.1. The first-order chi connectivity index (χ1) is 9.50. The maximum absolute atomic E-state index is 12.0. The van der Waals surface area contributed by atoms with Gasteiger partial charge in [0.05, 0.1) is 5.41 Å². The average molecular weight is 275 g/mol. The highest BCUT2D eigenvalue weighted by Crippen LogP contribution is 2.31. The highest BCUT2D eigenvalue weighted by Gasteiger charge is 2.44. The highest BCUT2D eigenvalue weighted by atomic mass is 16.2. The molecule has 2 amide bonds. The second-order valence-corrected chi connectivity index (χ2v) is 5.80. The molecule has 1 aliphatic rings. The van der Waals surface area contributed by atoms with Crippen molar-refractivity contribution < 1.29 is 9.59 Å². The minimum atomic E-state index is -0.528. The minimum Gasteiger partial charge on any atom is -0.313 e. The SMILES string of the molecule is CC1(C)CC(=O)N(CCCNCc2cccnc2)C1=O. The molecule has 0 spiro atoms. The topological polar surface area (TPSA) is 62.3 Å². The Morgan fingerprint density at radius 1 is 1.40 bits per heavy atom. The number of hydrogen-bond acceptors (Lipinski definition) is 4. The Morgan fingerprint density at radius 3 is 2.80 bits per heavy atom. The maximum atomic E-state index is 12.0. The first kappa shape index (κ1) is 14.7. The summed E-state index contributed by atoms with van der Waals surface area (Å²) in [6.07, 6.45) is 4.67. The molecule has 1 N–H and O–H groups in total. The van der Waals surface area contributed by atoms with Gasteiger partial charge in [-0.05, 0) is 24.6 Å². The number of aromatic nitrogens is 1. The first-order valence-electron chi connectivity index (χ1n) is 6.95. The maximum Gasteiger partial charge on any atom is 0.235 e. The van der Waals surface area contributed by atoms with E-state index in [2.05, 4.69) is 10.3 Å². The number of imide groups is 1. The van der Waals surface area contributed by atoms with Gasteiger partial charge in [0.2, 0.25) is 11.8 Å². The van der Waals surface area contributed by atoms with Gasteiger partial charge in [0.1, 0.15) is 0 Å². The van der Waals surface area contributed by atoms with Gasteiger partial charge < -0.3 is 5.32 Å². The van der Waals surface area contributed by atoms with Crippen LogP contribution in [0.1, 0.15) is 32.3 Å². The number of carbonyl (C=O) groups is 2. The standard InChI is InChI=1S/C15H21N3O2/c1-15(2)9-13(19)18(14(15)20)8-4-7-17-11-12-5-3-6-16-10-12/h3,5-6,10,17H,4,7-9,11H2,1-2H3. The van der Waals surface area contributed by atoms with Gasteiger partial charge in [-0.1, -0.05) is 19.9 Å². The van der Waals surface area contributed by atoms with Gasteiger partial charge in [0.15, 0.2) is 0 Å². The summed E-state index contributed by atoms with van der Waals surface area (Å²) in [7, 11) is 0. The van der Waals surface area contributed by atoms with Gasteiger partial charge in [0, 0.05) is 31.9 Å². The molecule has 5 heteroatoms. The second-order valence-electron chi connectivity index (χ2n) is 5.80. The zero-order valence-electron chi connectivity index (χ0n) is 12.1. The van der Waals surface area contributed by atoms with Crippen molar-refractivity contribution in [3.8, 4) is 0 Å². The molecule has 0 radical (unpaired) electrons. The predicted molar refractivity (Wildman–Crippen MR) is 75.7 cm³/mol. The summed E-state index contributed by atoms with van der Waals surface area (Å²) in [5.74, 6) is -0.0954. The van der Waals surface area contributed by atoms with Crippen LogP contribution < -0.4 is 5.32 Å². The van der Waals surface area contributed by atoms with Crippen molar-refractivity contribution in [2.75, 3.05) is 13.1 Å². The third-order valence-corrected chi connectivity index (χ3v) is 3.51. The lowest BCUT2D eigenvalue weighted by molar-refractivity contribution is -0.140. The van der Waals surface area contributed by atoms with Crippen molar-refractivity contribution in [3.05, 3.63) is 30.1 Å². The van der Waals surface area contributed by atoms with Crippen molar-refractivity contribution in [1.29, 1.82) is 0 Å². The molecule has 1 aromatic rings. The Hall–Kier alpha value is -1.75. The number of carbonyl (C=O) groups excluding carboxylic acids is 2. The van der Waals surface area contributed by atoms with E-state index in [0.717, 1.165) is 25.1 Å². The van der Waals surface area contributed by atoms with Crippen LogP contribution >= 0.6 is 0 Å². The van der Waals surface area contributed by atoms with Crippen LogP contribution in [-0.4, -0.2) is 34.8 Å². The number of rotatable bonds is 6. The molecule has 1 fully saturated rings. The first-order valence-corrected chi connectivity index (χ1v) is 6.95. The van der Waals surface area contributed by atoms with E-state index in [4.69, 9.17) is 0 Å². The lowest BCUT2D eigenvalue weighted by atomic mass is 9.92. The third kappa shape index (κ3) is 3.42. The number of nitrogens with one attached hydrogen (secondary N) is 1. The van der Waals surface area contributed by atoms with Crippen molar-refractivity contribution in [1.82, 2.24) is 15.2 Å². The molecule has 1 saturated heterocycles. The van der Waals surface area contributed by atoms with Gasteiger partial charge in [0.25, 0.3) is 0 Å². The third-order valence-electron chi connectivity index (χ3n) is 3.51. The molecule has 0 bridgehead atoms. The van der Waals surface area contributed by atoms with Gasteiger partial charge in [-0.3, -0.25) is 19.5 Å². The molecule has 2 heterocycles. The number of amides is 2. The summed E-state index contributed by atoms with van der Waals surface area (Å²) in [5.41, 5.74) is 0.599. The van der Waals surface area contributed by atoms with E-state index in [1.165, 1.54) is 4.90 Å². The minimum absolute atomic E-state index is 0.0465. The summed E-state index contributed by atoms with van der Waals surface area (Å²) < 4.78 is 0. The van der Waals surface area contributed by atoms with Crippen molar-refractivity contribution in [3.63, 3.8) is 0 Å². The largest absolute Gasteiger partial charge is 0.313 e. The van der Waals surface area contributed by atoms with Crippen LogP contribution in [0.15, 0.2) is 24.5 Å². The fourth-order valence-corrected chi connectivity index (χ4v) is 2.35. The Morgan fingerprint density at radius 2 is 2.20 bits per heavy atom. The molecule has 0 aliphatic carbocycles. The number of likely N-dealkylation sites (tertiary alicyclic amines) is 1. The van der Waals surface area contributed by atoms with E-state index in [1.807, 2.05) is 32.2 Å². The molecule has 1 aliphatic heterocycles. The Bertz CT molecular complexity index is 485. The van der Waals surface area contributed by atoms with Crippen LogP contribution in [0, 0.1) is 5.41 Å². The summed E-state index contributed by atoms with van der Waals surface area (Å²) in [4.78, 5) is 29.2. The van der Waals surface area contributed by atoms with E-state index in [1.54, 1.807) is 6.20 Å². The van der Waals surface area contributed by atoms with E-state index in [0.29, 0.717) is 13.0 Å². The molecule has 0 aromatic carbocycles. The van der Waals surface area contributed by atoms with Crippen LogP contribution in [-0.2, 0) is 16.1 Å². The Balaban J connectivity index is 1.69. The highest BCUT2D eigenvalue weighted by molar-refractivity contribution is 6.05. The summed E-state index contributed by atoms with van der Waals surface area (Å²) in [6, 6.07) is 3.91. The fourth-order valence-electron chi connectivity index (χ4n) is 2.35. The second kappa shape index (κ2) is 6.13. The van der Waals surface area contributed by atoms with Gasteiger partial charge >= 0.3 is 0 Å². The molecule has 0 saturated carbocycles. The predicted octanol–water partition coefficient (Wildman–Crippen LogP) is 1.35. The normalized spacial score (nSPS) is 17.8. The molecule has 108 valence electrons. The van der Waals surface area contributed by atoms with Crippen molar-refractivity contribution in [2.45, 2.75) is 33.2 Å². The summed E-state index contributed by atoms with van der Waals surface area (Å²) in [6.45, 7) is 5.68. The van der Waals surface area contributed by atoms with E-state index < -0.39 is 5.41 Å². The number of hydrogen-bond donors (Lipinski definition) is 1. The molecule has 2 rings (SSSR count). The van der Waals surface area contributed by atoms with Gasteiger partial charge in [-0.2, -0.15) is 0 Å². The smallest absolute Gasteiger partial charge is 0.235 e. The molecule has 1 aromatic heterocycles. The summed E-state index contributed by atoms with van der Waals surface area (Å²) in [5, 5.41) is 3.29. The van der Waals surface area contributed by atoms with E-state index >= 15 is 0 Å². The molecule has 5 nitrogen and oxygen atoms in total. The molecule has 0 unspecified atom stereocenters. The quantitative estimate of drug-likeness (QED) is 0.629. The zero-order chi connectivity index (χ0) is 14.6.